The third-order valence-corrected chi connectivity index (χ3v) is 15.0. The molecule has 6 aromatic rings. The molecule has 2 aliphatic heterocycles. The maximum absolute atomic E-state index is 13.7. The monoisotopic (exact) mass is 872 g/mol. The number of hydrogen-bond acceptors (Lipinski definition) is 7. The molecule has 0 amide bonds. The van der Waals surface area contributed by atoms with Crippen LogP contribution >= 0.6 is 23.4 Å². The van der Waals surface area contributed by atoms with Crippen LogP contribution in [0.5, 0.6) is 0 Å². The third kappa shape index (κ3) is 10.6. The van der Waals surface area contributed by atoms with Crippen molar-refractivity contribution in [2.75, 3.05) is 71.4 Å². The van der Waals surface area contributed by atoms with Crippen molar-refractivity contribution < 1.29 is 8.42 Å². The molecule has 0 aliphatic carbocycles. The molecule has 61 heavy (non-hydrogen) atoms. The number of sulfonamides is 1. The van der Waals surface area contributed by atoms with Gasteiger partial charge in [0.15, 0.2) is 0 Å². The number of benzene rings is 5. The van der Waals surface area contributed by atoms with Crippen LogP contribution < -0.4 is 19.8 Å². The Labute approximate surface area is 372 Å². The molecular weight excluding hydrogens is 816 g/mol. The van der Waals surface area contributed by atoms with Crippen LogP contribution in [0.3, 0.4) is 0 Å². The van der Waals surface area contributed by atoms with Gasteiger partial charge in [0.05, 0.1) is 10.6 Å². The Morgan fingerprint density at radius 3 is 2.11 bits per heavy atom. The highest BCUT2D eigenvalue weighted by molar-refractivity contribution is 7.99. The molecular formula is C50H57ClN6O2S2. The van der Waals surface area contributed by atoms with E-state index in [1.54, 1.807) is 12.1 Å². The van der Waals surface area contributed by atoms with Crippen LogP contribution in [0.15, 0.2) is 137 Å². The number of likely N-dealkylation sites (tertiary alicyclic amines) is 1. The second kappa shape index (κ2) is 19.5. The predicted octanol–water partition coefficient (Wildman–Crippen LogP) is 11.2. The van der Waals surface area contributed by atoms with Gasteiger partial charge in [0.25, 0.3) is 10.0 Å². The van der Waals surface area contributed by atoms with E-state index >= 15 is 0 Å². The first-order valence-corrected chi connectivity index (χ1v) is 24.4. The van der Waals surface area contributed by atoms with E-state index in [0.29, 0.717) is 5.69 Å². The van der Waals surface area contributed by atoms with Crippen LogP contribution in [0.1, 0.15) is 36.9 Å². The van der Waals surface area contributed by atoms with Gasteiger partial charge in [-0.15, -0.1) is 11.8 Å². The fraction of sp³-hybridized carbons (Fsp3) is 0.320. The molecule has 2 aliphatic rings. The van der Waals surface area contributed by atoms with Gasteiger partial charge in [0, 0.05) is 95.5 Å². The first-order valence-electron chi connectivity index (χ1n) is 21.5. The van der Waals surface area contributed by atoms with Crippen LogP contribution in [-0.4, -0.2) is 75.5 Å². The summed E-state index contributed by atoms with van der Waals surface area (Å²) in [6, 6.07) is 43.1. The molecule has 318 valence electrons. The second-order valence-corrected chi connectivity index (χ2v) is 19.6. The minimum atomic E-state index is -3.79. The fourth-order valence-corrected chi connectivity index (χ4v) is 10.8. The quantitative estimate of drug-likeness (QED) is 0.0996. The summed E-state index contributed by atoms with van der Waals surface area (Å²) in [6.07, 6.45) is 4.92. The number of aryl methyl sites for hydroxylation is 2. The van der Waals surface area contributed by atoms with E-state index in [2.05, 4.69) is 116 Å². The maximum atomic E-state index is 13.7. The van der Waals surface area contributed by atoms with Gasteiger partial charge in [-0.25, -0.2) is 8.42 Å². The van der Waals surface area contributed by atoms with E-state index in [0.717, 1.165) is 72.4 Å². The molecule has 5 aromatic carbocycles. The largest absolute Gasteiger partial charge is 0.381 e. The normalized spacial score (nSPS) is 15.5. The van der Waals surface area contributed by atoms with E-state index < -0.39 is 10.0 Å². The molecule has 2 N–H and O–H groups in total. The first kappa shape index (κ1) is 42.8. The smallest absolute Gasteiger partial charge is 0.261 e. The van der Waals surface area contributed by atoms with Crippen molar-refractivity contribution in [3.8, 4) is 22.4 Å². The summed E-state index contributed by atoms with van der Waals surface area (Å²) >= 11 is 8.09. The van der Waals surface area contributed by atoms with Crippen molar-refractivity contribution in [3.63, 3.8) is 0 Å². The number of nitrogens with one attached hydrogen (secondary N) is 2. The predicted molar refractivity (Wildman–Crippen MR) is 258 cm³/mol. The third-order valence-electron chi connectivity index (χ3n) is 12.2. The van der Waals surface area contributed by atoms with E-state index in [1.807, 2.05) is 61.2 Å². The van der Waals surface area contributed by atoms with Gasteiger partial charge in [-0.05, 0) is 148 Å². The summed E-state index contributed by atoms with van der Waals surface area (Å²) in [5.74, 6) is 0.931. The average Bonchev–Trinajstić information content (AvgIpc) is 3.59. The number of aromatic nitrogens is 1. The minimum Gasteiger partial charge on any atom is -0.381 e. The number of piperazine rings is 1. The topological polar surface area (TPSA) is 72.8 Å². The molecule has 0 radical (unpaired) electrons. The van der Waals surface area contributed by atoms with Crippen LogP contribution in [0.2, 0.25) is 5.02 Å². The van der Waals surface area contributed by atoms with Gasteiger partial charge in [0.1, 0.15) is 0 Å². The molecule has 0 bridgehead atoms. The molecule has 1 aromatic heterocycles. The Kier molecular flexibility index (Phi) is 13.6. The summed E-state index contributed by atoms with van der Waals surface area (Å²) < 4.78 is 32.4. The van der Waals surface area contributed by atoms with Gasteiger partial charge in [-0.1, -0.05) is 60.5 Å². The van der Waals surface area contributed by atoms with Crippen molar-refractivity contribution in [2.24, 2.45) is 7.05 Å². The minimum absolute atomic E-state index is 0.248. The molecule has 2 fully saturated rings. The second-order valence-electron chi connectivity index (χ2n) is 16.4. The van der Waals surface area contributed by atoms with Gasteiger partial charge in [-0.3, -0.25) is 4.72 Å². The number of nitrogens with zero attached hydrogens (tertiary/aromatic N) is 4. The van der Waals surface area contributed by atoms with Crippen molar-refractivity contribution in [1.82, 2.24) is 9.47 Å². The maximum Gasteiger partial charge on any atom is 0.261 e. The number of hydrogen-bond donors (Lipinski definition) is 2. The molecule has 8 nitrogen and oxygen atoms in total. The fourth-order valence-electron chi connectivity index (χ4n) is 8.57. The molecule has 8 rings (SSSR count). The van der Waals surface area contributed by atoms with Gasteiger partial charge in [0.2, 0.25) is 0 Å². The van der Waals surface area contributed by atoms with Crippen LogP contribution in [0.25, 0.3) is 22.4 Å². The zero-order valence-electron chi connectivity index (χ0n) is 35.5. The van der Waals surface area contributed by atoms with E-state index in [-0.39, 0.29) is 10.9 Å². The van der Waals surface area contributed by atoms with Crippen LogP contribution in [0.4, 0.5) is 22.7 Å². The van der Waals surface area contributed by atoms with Crippen molar-refractivity contribution in [2.45, 2.75) is 55.4 Å². The molecule has 1 atom stereocenters. The Morgan fingerprint density at radius 2 is 1.41 bits per heavy atom. The highest BCUT2D eigenvalue weighted by atomic mass is 35.5. The van der Waals surface area contributed by atoms with Crippen molar-refractivity contribution in [1.29, 1.82) is 0 Å². The highest BCUT2D eigenvalue weighted by Gasteiger charge is 2.22. The first-order chi connectivity index (χ1) is 29.6. The van der Waals surface area contributed by atoms with Gasteiger partial charge in [-0.2, -0.15) is 0 Å². The number of rotatable bonds is 15. The molecule has 2 saturated heterocycles. The Balaban J connectivity index is 0.875. The van der Waals surface area contributed by atoms with Crippen LogP contribution in [0, 0.1) is 13.8 Å². The summed E-state index contributed by atoms with van der Waals surface area (Å²) in [5, 5.41) is 4.51. The summed E-state index contributed by atoms with van der Waals surface area (Å²) in [5.41, 5.74) is 10.6. The zero-order valence-corrected chi connectivity index (χ0v) is 37.9. The lowest BCUT2D eigenvalue weighted by molar-refractivity contribution is 0.224. The summed E-state index contributed by atoms with van der Waals surface area (Å²) in [7, 11) is -1.67. The number of piperidine rings is 1. The van der Waals surface area contributed by atoms with E-state index in [9.17, 15) is 8.42 Å². The summed E-state index contributed by atoms with van der Waals surface area (Å²) in [4.78, 5) is 8.91. The molecule has 3 heterocycles. The Bertz CT molecular complexity index is 2500. The average molecular weight is 874 g/mol. The lowest BCUT2D eigenvalue weighted by Gasteiger charge is -2.37. The summed E-state index contributed by atoms with van der Waals surface area (Å²) in [6.45, 7) is 11.0. The van der Waals surface area contributed by atoms with Crippen molar-refractivity contribution >= 4 is 56.1 Å². The van der Waals surface area contributed by atoms with E-state index in [4.69, 9.17) is 11.6 Å². The molecule has 0 unspecified atom stereocenters. The highest BCUT2D eigenvalue weighted by Crippen LogP contribution is 2.37. The van der Waals surface area contributed by atoms with Crippen LogP contribution in [-0.2, 0) is 17.1 Å². The Hall–Kier alpha value is -4.87. The SMILES string of the molecule is Cc1cc(S(=O)(=O)Nc2ccc(N3CCN(c4cccc(-c5cc(C)n(C)c5-c5ccc(Cl)cc5)c4)CC3)cc2)ccc1N[C@H](CCN1CCCCC1)CSc1ccccc1. The van der Waals surface area contributed by atoms with Crippen molar-refractivity contribution in [3.05, 3.63) is 144 Å². The van der Waals surface area contributed by atoms with Gasteiger partial charge < -0.3 is 24.6 Å². The van der Waals surface area contributed by atoms with E-state index in [1.165, 1.54) is 65.4 Å². The number of halogens is 1. The lowest BCUT2D eigenvalue weighted by Crippen LogP contribution is -2.46. The molecule has 11 heteroatoms. The lowest BCUT2D eigenvalue weighted by atomic mass is 10.0. The van der Waals surface area contributed by atoms with Gasteiger partial charge >= 0.3 is 0 Å². The molecule has 0 saturated carbocycles. The number of thioether (sulfide) groups is 1. The molecule has 0 spiro atoms. The standard InChI is InChI=1S/C50H57ClN6O2S2/c1-37-33-47(23-24-49(37)52-43(25-28-55-26-8-5-9-27-55)36-60-46-13-6-4-7-14-46)61(58,59)53-42-19-21-44(22-20-42)56-29-31-57(32-30-56)45-12-10-11-40(35-45)48-34-38(2)54(3)50(48)39-15-17-41(51)18-16-39/h4,6-7,10-24,33-35,43,52-53H,5,8-9,25-32,36H2,1-3H3/t43-/m1/s1. The number of anilines is 4. The Morgan fingerprint density at radius 1 is 0.705 bits per heavy atom. The zero-order chi connectivity index (χ0) is 42.3.